The zero-order valence-electron chi connectivity index (χ0n) is 6.18. The van der Waals surface area contributed by atoms with E-state index in [1.807, 2.05) is 18.2 Å². The Kier molecular flexibility index (Phi) is 2.74. The predicted molar refractivity (Wildman–Crippen MR) is 48.3 cm³/mol. The van der Waals surface area contributed by atoms with Crippen LogP contribution in [0.1, 0.15) is 11.1 Å². The van der Waals surface area contributed by atoms with E-state index in [2.05, 4.69) is 0 Å². The Labute approximate surface area is 71.1 Å². The Morgan fingerprint density at radius 3 is 2.64 bits per heavy atom. The third-order valence-electron chi connectivity index (χ3n) is 1.58. The van der Waals surface area contributed by atoms with E-state index in [0.717, 1.165) is 16.8 Å². The van der Waals surface area contributed by atoms with E-state index in [4.69, 9.17) is 23.1 Å². The summed E-state index contributed by atoms with van der Waals surface area (Å²) < 4.78 is 0. The number of halogens is 1. The van der Waals surface area contributed by atoms with Crippen molar-refractivity contribution < 1.29 is 0 Å². The van der Waals surface area contributed by atoms with E-state index in [1.165, 1.54) is 0 Å². The highest BCUT2D eigenvalue weighted by atomic mass is 35.5. The molecule has 0 amide bonds. The lowest BCUT2D eigenvalue weighted by Crippen LogP contribution is -2.01. The first-order valence-electron chi connectivity index (χ1n) is 3.41. The molecular weight excluding hydrogens is 160 g/mol. The first-order chi connectivity index (χ1) is 5.27. The van der Waals surface area contributed by atoms with Gasteiger partial charge in [0.15, 0.2) is 0 Å². The number of hydrogen-bond acceptors (Lipinski definition) is 2. The lowest BCUT2D eigenvalue weighted by atomic mass is 10.1. The summed E-state index contributed by atoms with van der Waals surface area (Å²) in [4.78, 5) is 0. The highest BCUT2D eigenvalue weighted by Gasteiger charge is 1.97. The number of benzene rings is 1. The van der Waals surface area contributed by atoms with Gasteiger partial charge in [0.1, 0.15) is 0 Å². The third kappa shape index (κ3) is 1.85. The lowest BCUT2D eigenvalue weighted by molar-refractivity contribution is 1.07. The molecular formula is C8H11ClN2. The van der Waals surface area contributed by atoms with E-state index in [9.17, 15) is 0 Å². The molecule has 0 unspecified atom stereocenters. The van der Waals surface area contributed by atoms with Gasteiger partial charge in [-0.25, -0.2) is 0 Å². The molecule has 0 bridgehead atoms. The van der Waals surface area contributed by atoms with Crippen molar-refractivity contribution in [3.8, 4) is 0 Å². The molecule has 0 atom stereocenters. The van der Waals surface area contributed by atoms with Crippen LogP contribution >= 0.6 is 11.6 Å². The van der Waals surface area contributed by atoms with Gasteiger partial charge in [-0.15, -0.1) is 11.6 Å². The molecule has 0 fully saturated rings. The molecule has 11 heavy (non-hydrogen) atoms. The van der Waals surface area contributed by atoms with Crippen molar-refractivity contribution >= 4 is 17.3 Å². The van der Waals surface area contributed by atoms with Gasteiger partial charge in [0, 0.05) is 18.1 Å². The maximum absolute atomic E-state index is 5.63. The summed E-state index contributed by atoms with van der Waals surface area (Å²) in [7, 11) is 0. The summed E-state index contributed by atoms with van der Waals surface area (Å²) >= 11 is 5.63. The maximum Gasteiger partial charge on any atom is 0.0474 e. The number of anilines is 1. The van der Waals surface area contributed by atoms with Crippen molar-refractivity contribution in [2.24, 2.45) is 5.73 Å². The van der Waals surface area contributed by atoms with E-state index >= 15 is 0 Å². The van der Waals surface area contributed by atoms with Crippen molar-refractivity contribution in [2.45, 2.75) is 12.4 Å². The number of hydrogen-bond donors (Lipinski definition) is 2. The summed E-state index contributed by atoms with van der Waals surface area (Å²) in [5, 5.41) is 0. The average molecular weight is 171 g/mol. The smallest absolute Gasteiger partial charge is 0.0474 e. The average Bonchev–Trinajstić information content (AvgIpc) is 2.05. The van der Waals surface area contributed by atoms with Gasteiger partial charge >= 0.3 is 0 Å². The van der Waals surface area contributed by atoms with Gasteiger partial charge < -0.3 is 11.5 Å². The molecule has 0 spiro atoms. The van der Waals surface area contributed by atoms with Crippen LogP contribution in [0.4, 0.5) is 5.69 Å². The topological polar surface area (TPSA) is 52.0 Å². The standard InChI is InChI=1S/C8H11ClN2/c9-4-6-1-2-8(11)7(3-6)5-10/h1-3H,4-5,10-11H2. The molecule has 0 aromatic heterocycles. The molecule has 1 aromatic carbocycles. The van der Waals surface area contributed by atoms with Crippen LogP contribution in [0.2, 0.25) is 0 Å². The second kappa shape index (κ2) is 3.60. The molecule has 1 aromatic rings. The Morgan fingerprint density at radius 1 is 1.36 bits per heavy atom. The number of nitrogens with two attached hydrogens (primary N) is 2. The van der Waals surface area contributed by atoms with Crippen LogP contribution in [0.25, 0.3) is 0 Å². The van der Waals surface area contributed by atoms with Crippen LogP contribution < -0.4 is 11.5 Å². The van der Waals surface area contributed by atoms with E-state index in [0.29, 0.717) is 12.4 Å². The van der Waals surface area contributed by atoms with E-state index in [-0.39, 0.29) is 0 Å². The monoisotopic (exact) mass is 170 g/mol. The van der Waals surface area contributed by atoms with Crippen LogP contribution in [-0.4, -0.2) is 0 Å². The van der Waals surface area contributed by atoms with E-state index in [1.54, 1.807) is 0 Å². The first kappa shape index (κ1) is 8.37. The molecule has 0 saturated carbocycles. The van der Waals surface area contributed by atoms with Gasteiger partial charge in [-0.05, 0) is 17.2 Å². The molecule has 3 heteroatoms. The molecule has 2 nitrogen and oxygen atoms in total. The fourth-order valence-corrected chi connectivity index (χ4v) is 1.09. The zero-order chi connectivity index (χ0) is 8.27. The summed E-state index contributed by atoms with van der Waals surface area (Å²) in [6.45, 7) is 0.469. The predicted octanol–water partition coefficient (Wildman–Crippen LogP) is 1.47. The minimum Gasteiger partial charge on any atom is -0.398 e. The molecule has 4 N–H and O–H groups in total. The minimum absolute atomic E-state index is 0.469. The quantitative estimate of drug-likeness (QED) is 0.522. The van der Waals surface area contributed by atoms with Gasteiger partial charge in [-0.1, -0.05) is 12.1 Å². The fraction of sp³-hybridized carbons (Fsp3) is 0.250. The van der Waals surface area contributed by atoms with Crippen molar-refractivity contribution in [3.05, 3.63) is 29.3 Å². The van der Waals surface area contributed by atoms with Crippen LogP contribution in [0.5, 0.6) is 0 Å². The first-order valence-corrected chi connectivity index (χ1v) is 3.94. The SMILES string of the molecule is NCc1cc(CCl)ccc1N. The van der Waals surface area contributed by atoms with Crippen LogP contribution in [-0.2, 0) is 12.4 Å². The van der Waals surface area contributed by atoms with Crippen molar-refractivity contribution in [2.75, 3.05) is 5.73 Å². The number of alkyl halides is 1. The largest absolute Gasteiger partial charge is 0.398 e. The van der Waals surface area contributed by atoms with Gasteiger partial charge in [0.2, 0.25) is 0 Å². The van der Waals surface area contributed by atoms with Gasteiger partial charge in [-0.3, -0.25) is 0 Å². The maximum atomic E-state index is 5.63. The number of nitrogen functional groups attached to an aromatic ring is 1. The lowest BCUT2D eigenvalue weighted by Gasteiger charge is -2.03. The van der Waals surface area contributed by atoms with Crippen LogP contribution in [0, 0.1) is 0 Å². The van der Waals surface area contributed by atoms with Crippen molar-refractivity contribution in [1.29, 1.82) is 0 Å². The molecule has 0 saturated heterocycles. The van der Waals surface area contributed by atoms with Crippen molar-refractivity contribution in [1.82, 2.24) is 0 Å². The molecule has 1 rings (SSSR count). The molecule has 60 valence electrons. The van der Waals surface area contributed by atoms with Gasteiger partial charge in [0.05, 0.1) is 0 Å². The molecule has 0 heterocycles. The Hall–Kier alpha value is -0.730. The molecule has 0 aliphatic carbocycles. The minimum atomic E-state index is 0.469. The Morgan fingerprint density at radius 2 is 2.09 bits per heavy atom. The van der Waals surface area contributed by atoms with Gasteiger partial charge in [-0.2, -0.15) is 0 Å². The highest BCUT2D eigenvalue weighted by Crippen LogP contribution is 2.14. The summed E-state index contributed by atoms with van der Waals surface area (Å²) in [5.74, 6) is 0.507. The molecule has 0 radical (unpaired) electrons. The Balaban J connectivity index is 3.02. The normalized spacial score (nSPS) is 10.0. The Bertz CT molecular complexity index is 248. The molecule has 0 aliphatic rings. The molecule has 0 aliphatic heterocycles. The zero-order valence-corrected chi connectivity index (χ0v) is 6.93. The second-order valence-corrected chi connectivity index (χ2v) is 2.64. The van der Waals surface area contributed by atoms with Crippen molar-refractivity contribution in [3.63, 3.8) is 0 Å². The fourth-order valence-electron chi connectivity index (χ4n) is 0.919. The van der Waals surface area contributed by atoms with Crippen LogP contribution in [0.3, 0.4) is 0 Å². The third-order valence-corrected chi connectivity index (χ3v) is 1.89. The highest BCUT2D eigenvalue weighted by molar-refractivity contribution is 6.17. The second-order valence-electron chi connectivity index (χ2n) is 2.37. The summed E-state index contributed by atoms with van der Waals surface area (Å²) in [6, 6.07) is 5.67. The summed E-state index contributed by atoms with van der Waals surface area (Å²) in [6.07, 6.45) is 0. The summed E-state index contributed by atoms with van der Waals surface area (Å²) in [5.41, 5.74) is 13.8. The van der Waals surface area contributed by atoms with Gasteiger partial charge in [0.25, 0.3) is 0 Å². The van der Waals surface area contributed by atoms with E-state index < -0.39 is 0 Å². The number of rotatable bonds is 2. The van der Waals surface area contributed by atoms with Crippen LogP contribution in [0.15, 0.2) is 18.2 Å².